The maximum Gasteiger partial charge on any atom is 0.193 e. The fraction of sp³-hybridized carbons (Fsp3) is 0.278. The second kappa shape index (κ2) is 6.33. The molecule has 0 saturated heterocycles. The van der Waals surface area contributed by atoms with Gasteiger partial charge in [-0.2, -0.15) is 0 Å². The Kier molecular flexibility index (Phi) is 4.51. The molecule has 98 valence electrons. The van der Waals surface area contributed by atoms with Gasteiger partial charge >= 0.3 is 0 Å². The molecule has 0 radical (unpaired) electrons. The molecule has 0 unspecified atom stereocenters. The van der Waals surface area contributed by atoms with E-state index < -0.39 is 0 Å². The van der Waals surface area contributed by atoms with Crippen LogP contribution in [0, 0.1) is 5.92 Å². The number of hydrogen-bond acceptors (Lipinski definition) is 1. The molecular weight excluding hydrogens is 232 g/mol. The van der Waals surface area contributed by atoms with Crippen LogP contribution in [0.2, 0.25) is 0 Å². The Morgan fingerprint density at radius 2 is 1.47 bits per heavy atom. The molecule has 2 aromatic carbocycles. The molecule has 0 fully saturated rings. The summed E-state index contributed by atoms with van der Waals surface area (Å²) in [5, 5.41) is 0. The van der Waals surface area contributed by atoms with Crippen molar-refractivity contribution in [2.75, 3.05) is 0 Å². The van der Waals surface area contributed by atoms with E-state index >= 15 is 0 Å². The largest absolute Gasteiger partial charge is 0.289 e. The van der Waals surface area contributed by atoms with Crippen molar-refractivity contribution in [3.05, 3.63) is 71.3 Å². The molecule has 1 heteroatoms. The van der Waals surface area contributed by atoms with Gasteiger partial charge in [-0.15, -0.1) is 0 Å². The second-order valence-electron chi connectivity index (χ2n) is 5.32. The number of carbonyl (C=O) groups is 1. The summed E-state index contributed by atoms with van der Waals surface area (Å²) < 4.78 is 0. The van der Waals surface area contributed by atoms with Crippen LogP contribution in [0.3, 0.4) is 0 Å². The van der Waals surface area contributed by atoms with Crippen molar-refractivity contribution in [1.29, 1.82) is 0 Å². The van der Waals surface area contributed by atoms with Crippen molar-refractivity contribution < 1.29 is 4.79 Å². The molecule has 1 nitrogen and oxygen atoms in total. The van der Waals surface area contributed by atoms with Crippen molar-refractivity contribution in [2.45, 2.75) is 26.7 Å². The van der Waals surface area contributed by atoms with E-state index in [4.69, 9.17) is 0 Å². The molecule has 0 N–H and O–H groups in total. The van der Waals surface area contributed by atoms with Crippen LogP contribution in [0.5, 0.6) is 0 Å². The molecule has 0 bridgehead atoms. The summed E-state index contributed by atoms with van der Waals surface area (Å²) in [5.41, 5.74) is 2.82. The lowest BCUT2D eigenvalue weighted by Crippen LogP contribution is -2.01. The van der Waals surface area contributed by atoms with Crippen molar-refractivity contribution in [3.8, 4) is 0 Å². The highest BCUT2D eigenvalue weighted by Gasteiger charge is 2.08. The molecule has 0 aliphatic rings. The Labute approximate surface area is 115 Å². The van der Waals surface area contributed by atoms with Crippen LogP contribution in [-0.2, 0) is 6.42 Å². The zero-order valence-electron chi connectivity index (χ0n) is 11.6. The third kappa shape index (κ3) is 3.78. The minimum absolute atomic E-state index is 0.0935. The summed E-state index contributed by atoms with van der Waals surface area (Å²) in [5.74, 6) is 0.807. The SMILES string of the molecule is CC(C)CCc1ccc(C(=O)c2ccccc2)cc1. The zero-order valence-corrected chi connectivity index (χ0v) is 11.6. The summed E-state index contributed by atoms with van der Waals surface area (Å²) in [4.78, 5) is 12.2. The molecule has 0 aliphatic heterocycles. The highest BCUT2D eigenvalue weighted by Crippen LogP contribution is 2.13. The monoisotopic (exact) mass is 252 g/mol. The fourth-order valence-electron chi connectivity index (χ4n) is 2.03. The van der Waals surface area contributed by atoms with Crippen LogP contribution >= 0.6 is 0 Å². The van der Waals surface area contributed by atoms with E-state index in [1.165, 1.54) is 12.0 Å². The Bertz CT molecular complexity index is 523. The van der Waals surface area contributed by atoms with Crippen molar-refractivity contribution in [3.63, 3.8) is 0 Å². The Hall–Kier alpha value is -1.89. The normalized spacial score (nSPS) is 10.7. The number of benzene rings is 2. The van der Waals surface area contributed by atoms with Gasteiger partial charge in [0.05, 0.1) is 0 Å². The van der Waals surface area contributed by atoms with Gasteiger partial charge in [-0.1, -0.05) is 68.4 Å². The summed E-state index contributed by atoms with van der Waals surface area (Å²) in [7, 11) is 0. The minimum Gasteiger partial charge on any atom is -0.289 e. The molecule has 0 aliphatic carbocycles. The molecule has 0 saturated carbocycles. The first-order valence-electron chi connectivity index (χ1n) is 6.85. The number of rotatable bonds is 5. The van der Waals surface area contributed by atoms with Gasteiger partial charge in [-0.25, -0.2) is 0 Å². The molecule has 0 amide bonds. The first-order chi connectivity index (χ1) is 9.16. The maximum absolute atomic E-state index is 12.2. The van der Waals surface area contributed by atoms with Crippen molar-refractivity contribution in [1.82, 2.24) is 0 Å². The van der Waals surface area contributed by atoms with E-state index in [-0.39, 0.29) is 5.78 Å². The van der Waals surface area contributed by atoms with Crippen LogP contribution < -0.4 is 0 Å². The summed E-state index contributed by atoms with van der Waals surface area (Å²) in [6, 6.07) is 17.4. The highest BCUT2D eigenvalue weighted by molar-refractivity contribution is 6.08. The average molecular weight is 252 g/mol. The molecule has 0 spiro atoms. The molecular formula is C18H20O. The van der Waals surface area contributed by atoms with Gasteiger partial charge in [-0.3, -0.25) is 4.79 Å². The molecule has 19 heavy (non-hydrogen) atoms. The van der Waals surface area contributed by atoms with E-state index in [2.05, 4.69) is 26.0 Å². The average Bonchev–Trinajstić information content (AvgIpc) is 2.46. The minimum atomic E-state index is 0.0935. The lowest BCUT2D eigenvalue weighted by Gasteiger charge is -2.06. The van der Waals surface area contributed by atoms with E-state index in [9.17, 15) is 4.79 Å². The lowest BCUT2D eigenvalue weighted by molar-refractivity contribution is 0.103. The van der Waals surface area contributed by atoms with Crippen molar-refractivity contribution >= 4 is 5.78 Å². The van der Waals surface area contributed by atoms with Gasteiger partial charge in [0.15, 0.2) is 5.78 Å². The Morgan fingerprint density at radius 3 is 2.05 bits per heavy atom. The molecule has 0 aromatic heterocycles. The second-order valence-corrected chi connectivity index (χ2v) is 5.32. The smallest absolute Gasteiger partial charge is 0.193 e. The van der Waals surface area contributed by atoms with E-state index in [1.54, 1.807) is 0 Å². The van der Waals surface area contributed by atoms with Crippen molar-refractivity contribution in [2.24, 2.45) is 5.92 Å². The predicted molar refractivity (Wildman–Crippen MR) is 79.5 cm³/mol. The first kappa shape index (κ1) is 13.5. The molecule has 0 atom stereocenters. The lowest BCUT2D eigenvalue weighted by atomic mass is 9.99. The van der Waals surface area contributed by atoms with Crippen LogP contribution in [0.4, 0.5) is 0 Å². The Balaban J connectivity index is 2.08. The van der Waals surface area contributed by atoms with Gasteiger partial charge in [0.1, 0.15) is 0 Å². The first-order valence-corrected chi connectivity index (χ1v) is 6.85. The third-order valence-corrected chi connectivity index (χ3v) is 3.26. The fourth-order valence-corrected chi connectivity index (χ4v) is 2.03. The third-order valence-electron chi connectivity index (χ3n) is 3.26. The summed E-state index contributed by atoms with van der Waals surface area (Å²) in [6.07, 6.45) is 2.27. The number of ketones is 1. The van der Waals surface area contributed by atoms with Crippen LogP contribution in [-0.4, -0.2) is 5.78 Å². The van der Waals surface area contributed by atoms with Gasteiger partial charge in [0, 0.05) is 11.1 Å². The Morgan fingerprint density at radius 1 is 0.895 bits per heavy atom. The number of carbonyl (C=O) groups excluding carboxylic acids is 1. The standard InChI is InChI=1S/C18H20O/c1-14(2)8-9-15-10-12-17(13-11-15)18(19)16-6-4-3-5-7-16/h3-7,10-14H,8-9H2,1-2H3. The van der Waals surface area contributed by atoms with E-state index in [1.807, 2.05) is 42.5 Å². The van der Waals surface area contributed by atoms with Gasteiger partial charge in [0.2, 0.25) is 0 Å². The highest BCUT2D eigenvalue weighted by atomic mass is 16.1. The number of hydrogen-bond donors (Lipinski definition) is 0. The predicted octanol–water partition coefficient (Wildman–Crippen LogP) is 4.51. The topological polar surface area (TPSA) is 17.1 Å². The van der Waals surface area contributed by atoms with Gasteiger partial charge in [0.25, 0.3) is 0 Å². The molecule has 0 heterocycles. The quantitative estimate of drug-likeness (QED) is 0.716. The zero-order chi connectivity index (χ0) is 13.7. The summed E-state index contributed by atoms with van der Waals surface area (Å²) in [6.45, 7) is 4.46. The van der Waals surface area contributed by atoms with Crippen LogP contribution in [0.15, 0.2) is 54.6 Å². The van der Waals surface area contributed by atoms with Gasteiger partial charge < -0.3 is 0 Å². The summed E-state index contributed by atoms with van der Waals surface area (Å²) >= 11 is 0. The van der Waals surface area contributed by atoms with Gasteiger partial charge in [-0.05, 0) is 24.3 Å². The molecule has 2 aromatic rings. The van der Waals surface area contributed by atoms with Crippen LogP contribution in [0.1, 0.15) is 41.8 Å². The maximum atomic E-state index is 12.2. The molecule has 2 rings (SSSR count). The number of aryl methyl sites for hydroxylation is 1. The van der Waals surface area contributed by atoms with Crippen LogP contribution in [0.25, 0.3) is 0 Å². The van der Waals surface area contributed by atoms with E-state index in [0.29, 0.717) is 5.92 Å². The van der Waals surface area contributed by atoms with E-state index in [0.717, 1.165) is 17.5 Å².